The van der Waals surface area contributed by atoms with E-state index in [4.69, 9.17) is 4.74 Å². The minimum Gasteiger partial charge on any atom is -0.506 e. The van der Waals surface area contributed by atoms with Gasteiger partial charge in [-0.15, -0.1) is 0 Å². The van der Waals surface area contributed by atoms with Gasteiger partial charge in [0.05, 0.1) is 5.69 Å². The molecule has 4 aromatic rings. The van der Waals surface area contributed by atoms with Gasteiger partial charge in [-0.3, -0.25) is 4.79 Å². The van der Waals surface area contributed by atoms with Crippen LogP contribution in [-0.2, 0) is 11.3 Å². The molecule has 0 bridgehead atoms. The Bertz CT molecular complexity index is 1340. The number of phenolic OH excluding ortho intramolecular Hbond substituents is 1. The van der Waals surface area contributed by atoms with E-state index in [0.29, 0.717) is 11.3 Å². The molecule has 6 heteroatoms. The minimum absolute atomic E-state index is 0.00441. The lowest BCUT2D eigenvalue weighted by atomic mass is 9.98. The molecule has 0 atom stereocenters. The standard InChI is InChI=1S/C29H24N2O4/c32-27-12-6-5-11-26(27)31-28(33)20-15-13-19(14-16-20)17-30-29(34)35-18-25-23-9-3-1-7-21(23)22-8-2-4-10-24(22)25/h1-16,25,32H,17-18H2,(H,30,34)(H,31,33). The Morgan fingerprint density at radius 2 is 1.37 bits per heavy atom. The van der Waals surface area contributed by atoms with Gasteiger partial charge in [-0.2, -0.15) is 0 Å². The van der Waals surface area contributed by atoms with Crippen LogP contribution in [0, 0.1) is 0 Å². The Kier molecular flexibility index (Phi) is 6.18. The zero-order valence-corrected chi connectivity index (χ0v) is 18.9. The fourth-order valence-corrected chi connectivity index (χ4v) is 4.37. The fourth-order valence-electron chi connectivity index (χ4n) is 4.37. The fraction of sp³-hybridized carbons (Fsp3) is 0.103. The van der Waals surface area contributed by atoms with Crippen molar-refractivity contribution in [2.24, 2.45) is 0 Å². The van der Waals surface area contributed by atoms with Crippen LogP contribution in [0.4, 0.5) is 10.5 Å². The van der Waals surface area contributed by atoms with Crippen molar-refractivity contribution in [2.45, 2.75) is 12.5 Å². The average molecular weight is 465 g/mol. The van der Waals surface area contributed by atoms with E-state index in [1.165, 1.54) is 28.3 Å². The van der Waals surface area contributed by atoms with Crippen LogP contribution in [0.1, 0.15) is 33.0 Å². The smallest absolute Gasteiger partial charge is 0.407 e. The molecule has 0 radical (unpaired) electrons. The zero-order chi connectivity index (χ0) is 24.2. The number of rotatable bonds is 6. The van der Waals surface area contributed by atoms with Gasteiger partial charge >= 0.3 is 6.09 Å². The third kappa shape index (κ3) is 4.73. The van der Waals surface area contributed by atoms with Crippen LogP contribution in [0.25, 0.3) is 11.1 Å². The van der Waals surface area contributed by atoms with Crippen molar-refractivity contribution in [1.29, 1.82) is 0 Å². The number of fused-ring (bicyclic) bond motifs is 3. The zero-order valence-electron chi connectivity index (χ0n) is 18.9. The number of benzene rings is 4. The number of hydrogen-bond acceptors (Lipinski definition) is 4. The number of ether oxygens (including phenoxy) is 1. The molecule has 0 aromatic heterocycles. The predicted molar refractivity (Wildman–Crippen MR) is 134 cm³/mol. The van der Waals surface area contributed by atoms with Crippen LogP contribution in [-0.4, -0.2) is 23.7 Å². The number of carbonyl (C=O) groups is 2. The predicted octanol–water partition coefficient (Wildman–Crippen LogP) is 5.68. The number of carbonyl (C=O) groups excluding carboxylic acids is 2. The maximum absolute atomic E-state index is 12.4. The van der Waals surface area contributed by atoms with E-state index in [0.717, 1.165) is 5.56 Å². The molecule has 4 aromatic carbocycles. The highest BCUT2D eigenvalue weighted by atomic mass is 16.5. The Balaban J connectivity index is 1.15. The topological polar surface area (TPSA) is 87.7 Å². The summed E-state index contributed by atoms with van der Waals surface area (Å²) in [5, 5.41) is 15.3. The number of anilines is 1. The van der Waals surface area contributed by atoms with Crippen LogP contribution in [0.2, 0.25) is 0 Å². The molecule has 1 aliphatic rings. The molecule has 0 heterocycles. The van der Waals surface area contributed by atoms with Crippen molar-refractivity contribution in [1.82, 2.24) is 5.32 Å². The van der Waals surface area contributed by atoms with Gasteiger partial charge in [-0.1, -0.05) is 72.8 Å². The first-order chi connectivity index (χ1) is 17.1. The molecule has 5 rings (SSSR count). The number of para-hydroxylation sites is 2. The maximum Gasteiger partial charge on any atom is 0.407 e. The normalized spacial score (nSPS) is 11.9. The molecule has 0 saturated heterocycles. The largest absolute Gasteiger partial charge is 0.506 e. The lowest BCUT2D eigenvalue weighted by Gasteiger charge is -2.14. The third-order valence-corrected chi connectivity index (χ3v) is 6.15. The second-order valence-electron chi connectivity index (χ2n) is 8.35. The molecule has 0 saturated carbocycles. The molecule has 35 heavy (non-hydrogen) atoms. The van der Waals surface area contributed by atoms with E-state index in [1.807, 2.05) is 24.3 Å². The third-order valence-electron chi connectivity index (χ3n) is 6.15. The maximum atomic E-state index is 12.4. The van der Waals surface area contributed by atoms with Crippen LogP contribution in [0.3, 0.4) is 0 Å². The van der Waals surface area contributed by atoms with E-state index in [-0.39, 0.29) is 30.7 Å². The summed E-state index contributed by atoms with van der Waals surface area (Å²) in [5.41, 5.74) is 6.32. The van der Waals surface area contributed by atoms with Gasteiger partial charge in [-0.05, 0) is 52.1 Å². The summed E-state index contributed by atoms with van der Waals surface area (Å²) in [7, 11) is 0. The van der Waals surface area contributed by atoms with Gasteiger partial charge in [0.15, 0.2) is 0 Å². The number of alkyl carbamates (subject to hydrolysis) is 1. The first-order valence-corrected chi connectivity index (χ1v) is 11.4. The van der Waals surface area contributed by atoms with Crippen molar-refractivity contribution in [3.63, 3.8) is 0 Å². The Labute approximate surface area is 203 Å². The molecule has 3 N–H and O–H groups in total. The van der Waals surface area contributed by atoms with Crippen molar-refractivity contribution in [2.75, 3.05) is 11.9 Å². The van der Waals surface area contributed by atoms with Gasteiger partial charge in [0.1, 0.15) is 12.4 Å². The average Bonchev–Trinajstić information content (AvgIpc) is 3.21. The first kappa shape index (κ1) is 22.2. The quantitative estimate of drug-likeness (QED) is 0.320. The lowest BCUT2D eigenvalue weighted by molar-refractivity contribution is 0.102. The highest BCUT2D eigenvalue weighted by Crippen LogP contribution is 2.44. The van der Waals surface area contributed by atoms with E-state index >= 15 is 0 Å². The molecule has 1 aliphatic carbocycles. The van der Waals surface area contributed by atoms with Crippen molar-refractivity contribution in [3.8, 4) is 16.9 Å². The molecule has 174 valence electrons. The lowest BCUT2D eigenvalue weighted by Crippen LogP contribution is -2.25. The second kappa shape index (κ2) is 9.73. The van der Waals surface area contributed by atoms with Crippen LogP contribution in [0.5, 0.6) is 5.75 Å². The number of phenols is 1. The van der Waals surface area contributed by atoms with Gasteiger partial charge in [0.25, 0.3) is 5.91 Å². The van der Waals surface area contributed by atoms with E-state index in [2.05, 4.69) is 34.9 Å². The van der Waals surface area contributed by atoms with Gasteiger partial charge in [0.2, 0.25) is 0 Å². The number of aromatic hydroxyl groups is 1. The van der Waals surface area contributed by atoms with E-state index in [9.17, 15) is 14.7 Å². The van der Waals surface area contributed by atoms with E-state index in [1.54, 1.807) is 42.5 Å². The Hall–Kier alpha value is -4.58. The van der Waals surface area contributed by atoms with Crippen molar-refractivity contribution >= 4 is 17.7 Å². The Morgan fingerprint density at radius 3 is 2.03 bits per heavy atom. The monoisotopic (exact) mass is 464 g/mol. The molecule has 0 spiro atoms. The molecule has 2 amide bonds. The molecular formula is C29H24N2O4. The highest BCUT2D eigenvalue weighted by Gasteiger charge is 2.28. The first-order valence-electron chi connectivity index (χ1n) is 11.4. The summed E-state index contributed by atoms with van der Waals surface area (Å²) in [5.74, 6) is -0.317. The molecule has 0 unspecified atom stereocenters. The van der Waals surface area contributed by atoms with Gasteiger partial charge in [0, 0.05) is 18.0 Å². The van der Waals surface area contributed by atoms with Crippen LogP contribution in [0.15, 0.2) is 97.1 Å². The van der Waals surface area contributed by atoms with Crippen molar-refractivity contribution in [3.05, 3.63) is 119 Å². The summed E-state index contributed by atoms with van der Waals surface area (Å²) in [6.07, 6.45) is -0.492. The molecule has 0 fully saturated rings. The van der Waals surface area contributed by atoms with Crippen LogP contribution >= 0.6 is 0 Å². The molecule has 0 aliphatic heterocycles. The van der Waals surface area contributed by atoms with Gasteiger partial charge < -0.3 is 20.5 Å². The number of hydrogen-bond donors (Lipinski definition) is 3. The second-order valence-corrected chi connectivity index (χ2v) is 8.35. The summed E-state index contributed by atoms with van der Waals surface area (Å²) < 4.78 is 5.56. The van der Waals surface area contributed by atoms with Gasteiger partial charge in [-0.25, -0.2) is 4.79 Å². The highest BCUT2D eigenvalue weighted by molar-refractivity contribution is 6.05. The molecular weight excluding hydrogens is 440 g/mol. The minimum atomic E-state index is -0.492. The summed E-state index contributed by atoms with van der Waals surface area (Å²) in [6, 6.07) is 29.8. The molecule has 6 nitrogen and oxygen atoms in total. The summed E-state index contributed by atoms with van der Waals surface area (Å²) >= 11 is 0. The number of nitrogens with one attached hydrogen (secondary N) is 2. The summed E-state index contributed by atoms with van der Waals surface area (Å²) in [4.78, 5) is 24.8. The Morgan fingerprint density at radius 1 is 0.771 bits per heavy atom. The van der Waals surface area contributed by atoms with Crippen LogP contribution < -0.4 is 10.6 Å². The number of amides is 2. The van der Waals surface area contributed by atoms with Crippen molar-refractivity contribution < 1.29 is 19.4 Å². The summed E-state index contributed by atoms with van der Waals surface area (Å²) in [6.45, 7) is 0.531. The SMILES string of the molecule is O=C(NCc1ccc(C(=O)Nc2ccccc2O)cc1)OCC1c2ccccc2-c2ccccc21. The van der Waals surface area contributed by atoms with E-state index < -0.39 is 6.09 Å².